The summed E-state index contributed by atoms with van der Waals surface area (Å²) in [5.41, 5.74) is 5.71. The summed E-state index contributed by atoms with van der Waals surface area (Å²) < 4.78 is 5.34. The van der Waals surface area contributed by atoms with Gasteiger partial charge in [-0.25, -0.2) is 9.78 Å². The number of hydrogen-bond donors (Lipinski definition) is 0. The van der Waals surface area contributed by atoms with Gasteiger partial charge < -0.3 is 9.64 Å². The van der Waals surface area contributed by atoms with Gasteiger partial charge in [0.2, 0.25) is 0 Å². The molecule has 0 saturated carbocycles. The van der Waals surface area contributed by atoms with Gasteiger partial charge in [-0.1, -0.05) is 42.5 Å². The Morgan fingerprint density at radius 2 is 1.60 bits per heavy atom. The van der Waals surface area contributed by atoms with E-state index in [2.05, 4.69) is 17.9 Å². The Balaban J connectivity index is 1.51. The van der Waals surface area contributed by atoms with Crippen molar-refractivity contribution >= 4 is 28.9 Å². The van der Waals surface area contributed by atoms with Crippen LogP contribution in [0.25, 0.3) is 0 Å². The summed E-state index contributed by atoms with van der Waals surface area (Å²) >= 11 is 0. The molecule has 5 rings (SSSR count). The Bertz CT molecular complexity index is 1340. The quantitative estimate of drug-likeness (QED) is 0.335. The molecule has 4 aromatic rings. The standard InChI is InChI=1S/C29H28N4O2/c1-21-18-25(35-3)15-14-22(21)19-31(2)28-17-16-27-26(30-28)20-32(23-10-6-4-7-11-23)29(34)33(27)24-12-8-5-9-13-24/h4-18H,19-20H2,1-3H3. The molecule has 1 aliphatic rings. The molecule has 0 atom stereocenters. The molecule has 0 N–H and O–H groups in total. The van der Waals surface area contributed by atoms with Crippen LogP contribution in [-0.2, 0) is 13.1 Å². The predicted octanol–water partition coefficient (Wildman–Crippen LogP) is 6.31. The second kappa shape index (κ2) is 9.50. The van der Waals surface area contributed by atoms with Gasteiger partial charge in [0.25, 0.3) is 0 Å². The first-order valence-corrected chi connectivity index (χ1v) is 11.6. The molecule has 0 saturated heterocycles. The fourth-order valence-electron chi connectivity index (χ4n) is 4.40. The molecule has 6 nitrogen and oxygen atoms in total. The minimum absolute atomic E-state index is 0.0911. The van der Waals surface area contributed by atoms with Crippen LogP contribution < -0.4 is 19.4 Å². The average molecular weight is 465 g/mol. The highest BCUT2D eigenvalue weighted by Gasteiger charge is 2.33. The van der Waals surface area contributed by atoms with Gasteiger partial charge >= 0.3 is 6.03 Å². The first-order chi connectivity index (χ1) is 17.0. The summed E-state index contributed by atoms with van der Waals surface area (Å²) in [5.74, 6) is 1.71. The van der Waals surface area contributed by atoms with E-state index in [0.717, 1.165) is 34.3 Å². The van der Waals surface area contributed by atoms with Crippen molar-refractivity contribution in [3.05, 3.63) is 108 Å². The number of nitrogens with zero attached hydrogens (tertiary/aromatic N) is 4. The molecule has 0 fully saturated rings. The van der Waals surface area contributed by atoms with Gasteiger partial charge in [0, 0.05) is 19.3 Å². The van der Waals surface area contributed by atoms with E-state index in [4.69, 9.17) is 9.72 Å². The third kappa shape index (κ3) is 4.43. The maximum atomic E-state index is 13.6. The topological polar surface area (TPSA) is 48.9 Å². The number of hydrogen-bond acceptors (Lipinski definition) is 4. The van der Waals surface area contributed by atoms with E-state index >= 15 is 0 Å². The summed E-state index contributed by atoms with van der Waals surface area (Å²) in [4.78, 5) is 24.3. The van der Waals surface area contributed by atoms with E-state index in [1.165, 1.54) is 11.1 Å². The SMILES string of the molecule is COc1ccc(CN(C)c2ccc3c(n2)CN(c2ccccc2)C(=O)N3c2ccccc2)c(C)c1. The highest BCUT2D eigenvalue weighted by Crippen LogP contribution is 2.37. The van der Waals surface area contributed by atoms with Crippen molar-refractivity contribution in [3.63, 3.8) is 0 Å². The molecule has 0 bridgehead atoms. The number of aromatic nitrogens is 1. The van der Waals surface area contributed by atoms with Crippen molar-refractivity contribution in [2.45, 2.75) is 20.0 Å². The lowest BCUT2D eigenvalue weighted by Crippen LogP contribution is -2.45. The molecule has 2 amide bonds. The van der Waals surface area contributed by atoms with Crippen molar-refractivity contribution < 1.29 is 9.53 Å². The molecule has 0 aliphatic carbocycles. The lowest BCUT2D eigenvalue weighted by atomic mass is 10.1. The summed E-state index contributed by atoms with van der Waals surface area (Å²) in [6.45, 7) is 3.21. The maximum absolute atomic E-state index is 13.6. The summed E-state index contributed by atoms with van der Waals surface area (Å²) in [5, 5.41) is 0. The number of carbonyl (C=O) groups excluding carboxylic acids is 1. The van der Waals surface area contributed by atoms with Crippen LogP contribution in [0.2, 0.25) is 0 Å². The van der Waals surface area contributed by atoms with Gasteiger partial charge in [0.1, 0.15) is 11.6 Å². The van der Waals surface area contributed by atoms with E-state index in [1.807, 2.05) is 92.0 Å². The number of rotatable bonds is 6. The molecule has 1 aliphatic heterocycles. The maximum Gasteiger partial charge on any atom is 0.334 e. The van der Waals surface area contributed by atoms with Crippen molar-refractivity contribution in [1.29, 1.82) is 0 Å². The van der Waals surface area contributed by atoms with Gasteiger partial charge in [-0.05, 0) is 66.6 Å². The average Bonchev–Trinajstić information content (AvgIpc) is 2.90. The predicted molar refractivity (Wildman–Crippen MR) is 141 cm³/mol. The first kappa shape index (κ1) is 22.5. The Morgan fingerprint density at radius 1 is 0.914 bits per heavy atom. The molecular formula is C29H28N4O2. The third-order valence-corrected chi connectivity index (χ3v) is 6.34. The van der Waals surface area contributed by atoms with Crippen LogP contribution in [-0.4, -0.2) is 25.2 Å². The molecule has 0 unspecified atom stereocenters. The van der Waals surface area contributed by atoms with Crippen LogP contribution in [0.3, 0.4) is 0 Å². The number of methoxy groups -OCH3 is 1. The highest BCUT2D eigenvalue weighted by molar-refractivity contribution is 6.10. The zero-order valence-corrected chi connectivity index (χ0v) is 20.2. The number of anilines is 4. The Labute approximate surface area is 206 Å². The van der Waals surface area contributed by atoms with Gasteiger partial charge in [-0.3, -0.25) is 9.80 Å². The molecule has 6 heteroatoms. The smallest absolute Gasteiger partial charge is 0.334 e. The third-order valence-electron chi connectivity index (χ3n) is 6.34. The van der Waals surface area contributed by atoms with Gasteiger partial charge in [-0.2, -0.15) is 0 Å². The molecule has 176 valence electrons. The number of fused-ring (bicyclic) bond motifs is 1. The largest absolute Gasteiger partial charge is 0.497 e. The van der Waals surface area contributed by atoms with Crippen LogP contribution in [0, 0.1) is 6.92 Å². The second-order valence-electron chi connectivity index (χ2n) is 8.66. The number of benzene rings is 3. The molecule has 2 heterocycles. The molecule has 3 aromatic carbocycles. The van der Waals surface area contributed by atoms with Crippen molar-refractivity contribution in [2.24, 2.45) is 0 Å². The normalized spacial score (nSPS) is 12.9. The van der Waals surface area contributed by atoms with Gasteiger partial charge in [-0.15, -0.1) is 0 Å². The fourth-order valence-corrected chi connectivity index (χ4v) is 4.40. The minimum atomic E-state index is -0.0911. The number of amides is 2. The second-order valence-corrected chi connectivity index (χ2v) is 8.66. The van der Waals surface area contributed by atoms with E-state index < -0.39 is 0 Å². The van der Waals surface area contributed by atoms with Crippen LogP contribution in [0.5, 0.6) is 5.75 Å². The Kier molecular flexibility index (Phi) is 6.10. The zero-order chi connectivity index (χ0) is 24.4. The van der Waals surface area contributed by atoms with Crippen LogP contribution in [0.1, 0.15) is 16.8 Å². The van der Waals surface area contributed by atoms with Crippen LogP contribution in [0.15, 0.2) is 91.0 Å². The minimum Gasteiger partial charge on any atom is -0.497 e. The Hall–Kier alpha value is -4.32. The molecule has 35 heavy (non-hydrogen) atoms. The Morgan fingerprint density at radius 3 is 2.26 bits per heavy atom. The molecular weight excluding hydrogens is 436 g/mol. The molecule has 0 spiro atoms. The number of ether oxygens (including phenoxy) is 1. The fraction of sp³-hybridized carbons (Fsp3) is 0.172. The van der Waals surface area contributed by atoms with Crippen molar-refractivity contribution in [3.8, 4) is 5.75 Å². The highest BCUT2D eigenvalue weighted by atomic mass is 16.5. The number of aryl methyl sites for hydroxylation is 1. The van der Waals surface area contributed by atoms with E-state index in [0.29, 0.717) is 13.1 Å². The first-order valence-electron chi connectivity index (χ1n) is 11.6. The molecule has 1 aromatic heterocycles. The number of pyridine rings is 1. The lowest BCUT2D eigenvalue weighted by Gasteiger charge is -2.37. The van der Waals surface area contributed by atoms with Gasteiger partial charge in [0.15, 0.2) is 0 Å². The zero-order valence-electron chi connectivity index (χ0n) is 20.2. The lowest BCUT2D eigenvalue weighted by molar-refractivity contribution is 0.252. The van der Waals surface area contributed by atoms with Crippen molar-refractivity contribution in [2.75, 3.05) is 28.9 Å². The summed E-state index contributed by atoms with van der Waals surface area (Å²) in [6, 6.07) is 29.5. The van der Waals surface area contributed by atoms with E-state index in [1.54, 1.807) is 16.9 Å². The number of para-hydroxylation sites is 2. The number of carbonyl (C=O) groups is 1. The molecule has 0 radical (unpaired) electrons. The summed E-state index contributed by atoms with van der Waals surface area (Å²) in [7, 11) is 3.72. The number of urea groups is 1. The van der Waals surface area contributed by atoms with Gasteiger partial charge in [0.05, 0.1) is 30.7 Å². The summed E-state index contributed by atoms with van der Waals surface area (Å²) in [6.07, 6.45) is 0. The van der Waals surface area contributed by atoms with Crippen LogP contribution in [0.4, 0.5) is 27.7 Å². The monoisotopic (exact) mass is 464 g/mol. The van der Waals surface area contributed by atoms with E-state index in [-0.39, 0.29) is 6.03 Å². The van der Waals surface area contributed by atoms with Crippen molar-refractivity contribution in [1.82, 2.24) is 4.98 Å². The van der Waals surface area contributed by atoms with E-state index in [9.17, 15) is 4.79 Å². The van der Waals surface area contributed by atoms with Crippen LogP contribution >= 0.6 is 0 Å².